The number of hydrogen-bond donors (Lipinski definition) is 3. The van der Waals surface area contributed by atoms with Crippen LogP contribution in [0.5, 0.6) is 11.5 Å². The molecule has 0 saturated carbocycles. The highest BCUT2D eigenvalue weighted by molar-refractivity contribution is 7.09. The van der Waals surface area contributed by atoms with Crippen molar-refractivity contribution < 1.29 is 23.8 Å². The second-order valence-corrected chi connectivity index (χ2v) is 21.8. The molecule has 4 aromatic rings. The van der Waals surface area contributed by atoms with Gasteiger partial charge in [-0.2, -0.15) is 0 Å². The predicted octanol–water partition coefficient (Wildman–Crippen LogP) is 6.63. The monoisotopic (exact) mass is 761 g/mol. The van der Waals surface area contributed by atoms with Gasteiger partial charge in [-0.1, -0.05) is 39.0 Å². The summed E-state index contributed by atoms with van der Waals surface area (Å²) in [5.41, 5.74) is 2.48. The first-order chi connectivity index (χ1) is 25.2. The van der Waals surface area contributed by atoms with Crippen LogP contribution in [0.3, 0.4) is 0 Å². The number of nitrogens with zero attached hydrogens (tertiary/aromatic N) is 3. The van der Waals surface area contributed by atoms with Crippen LogP contribution in [0, 0.1) is 6.92 Å². The van der Waals surface area contributed by atoms with Crippen molar-refractivity contribution in [2.24, 2.45) is 0 Å². The molecule has 0 radical (unpaired) electrons. The number of morpholine rings is 1. The van der Waals surface area contributed by atoms with Crippen LogP contribution in [0.2, 0.25) is 18.1 Å². The van der Waals surface area contributed by atoms with Crippen molar-refractivity contribution in [2.45, 2.75) is 83.3 Å². The summed E-state index contributed by atoms with van der Waals surface area (Å²) >= 11 is 1.51. The smallest absolute Gasteiger partial charge is 0.273 e. The van der Waals surface area contributed by atoms with E-state index in [1.165, 1.54) is 17.4 Å². The fourth-order valence-electron chi connectivity index (χ4n) is 6.99. The molecule has 4 heterocycles. The zero-order chi connectivity index (χ0) is 37.8. The number of nitrogens with one attached hydrogen (secondary N) is 2. The fourth-order valence-corrected chi connectivity index (χ4v) is 8.85. The Morgan fingerprint density at radius 2 is 1.94 bits per heavy atom. The zero-order valence-corrected chi connectivity index (χ0v) is 33.8. The normalized spacial score (nSPS) is 17.4. The van der Waals surface area contributed by atoms with Crippen molar-refractivity contribution >= 4 is 36.5 Å². The van der Waals surface area contributed by atoms with E-state index in [4.69, 9.17) is 13.9 Å². The van der Waals surface area contributed by atoms with Crippen molar-refractivity contribution in [2.75, 3.05) is 52.5 Å². The van der Waals surface area contributed by atoms with Crippen LogP contribution in [-0.4, -0.2) is 97.2 Å². The number of amides is 1. The summed E-state index contributed by atoms with van der Waals surface area (Å²) in [4.78, 5) is 36.7. The summed E-state index contributed by atoms with van der Waals surface area (Å²) in [6.45, 7) is 19.5. The van der Waals surface area contributed by atoms with Gasteiger partial charge in [0.05, 0.1) is 42.0 Å². The Bertz CT molecular complexity index is 1930. The molecule has 2 aliphatic heterocycles. The van der Waals surface area contributed by atoms with Gasteiger partial charge in [0, 0.05) is 56.1 Å². The Labute approximate surface area is 317 Å². The number of fused-ring (bicyclic) bond motifs is 1. The summed E-state index contributed by atoms with van der Waals surface area (Å²) in [6, 6.07) is 15.0. The molecule has 2 aromatic heterocycles. The second kappa shape index (κ2) is 16.4. The van der Waals surface area contributed by atoms with Gasteiger partial charge in [0.1, 0.15) is 17.2 Å². The lowest BCUT2D eigenvalue weighted by Gasteiger charge is -2.47. The largest absolute Gasteiger partial charge is 0.506 e. The van der Waals surface area contributed by atoms with E-state index in [0.717, 1.165) is 66.2 Å². The van der Waals surface area contributed by atoms with E-state index in [9.17, 15) is 14.7 Å². The maximum absolute atomic E-state index is 13.0. The van der Waals surface area contributed by atoms with Gasteiger partial charge in [-0.15, -0.1) is 11.3 Å². The molecule has 0 bridgehead atoms. The van der Waals surface area contributed by atoms with Crippen LogP contribution in [0.1, 0.15) is 72.8 Å². The van der Waals surface area contributed by atoms with Crippen LogP contribution in [0.4, 0.5) is 0 Å². The molecule has 13 heteroatoms. The molecule has 3 N–H and O–H groups in total. The number of phenolic OH excluding ortho intramolecular Hbond substituents is 1. The van der Waals surface area contributed by atoms with Crippen LogP contribution < -0.4 is 15.6 Å². The highest BCUT2D eigenvalue weighted by atomic mass is 32.1. The van der Waals surface area contributed by atoms with Crippen molar-refractivity contribution in [3.63, 3.8) is 0 Å². The number of aromatic amines is 1. The highest BCUT2D eigenvalue weighted by Crippen LogP contribution is 2.41. The summed E-state index contributed by atoms with van der Waals surface area (Å²) in [7, 11) is -2.18. The highest BCUT2D eigenvalue weighted by Gasteiger charge is 2.42. The number of aromatic nitrogens is 2. The van der Waals surface area contributed by atoms with Gasteiger partial charge < -0.3 is 39.1 Å². The number of pyridine rings is 1. The number of thiazole rings is 1. The van der Waals surface area contributed by atoms with E-state index in [1.54, 1.807) is 12.1 Å². The Balaban J connectivity index is 0.983. The Hall–Kier alpha value is -3.59. The number of likely N-dealkylation sites (tertiary alicyclic amines) is 1. The lowest BCUT2D eigenvalue weighted by molar-refractivity contribution is -0.127. The molecular formula is C40H55N5O6SSi. The van der Waals surface area contributed by atoms with E-state index < -0.39 is 8.32 Å². The number of carbonyl (C=O) groups excluding carboxylic acids is 1. The van der Waals surface area contributed by atoms with Crippen molar-refractivity contribution in [3.8, 4) is 11.5 Å². The Morgan fingerprint density at radius 1 is 1.15 bits per heavy atom. The number of rotatable bonds is 13. The molecule has 2 aromatic carbocycles. The predicted molar refractivity (Wildman–Crippen MR) is 213 cm³/mol. The lowest BCUT2D eigenvalue weighted by atomic mass is 9.89. The molecule has 286 valence electrons. The van der Waals surface area contributed by atoms with Crippen LogP contribution in [0.25, 0.3) is 10.9 Å². The first-order valence-corrected chi connectivity index (χ1v) is 22.5. The minimum absolute atomic E-state index is 0.00312. The first-order valence-electron chi connectivity index (χ1n) is 18.7. The topological polar surface area (TPSA) is 129 Å². The summed E-state index contributed by atoms with van der Waals surface area (Å²) in [5, 5.41) is 17.7. The first kappa shape index (κ1) is 39.1. The molecule has 1 atom stereocenters. The van der Waals surface area contributed by atoms with E-state index in [2.05, 4.69) is 66.2 Å². The number of carbonyl (C=O) groups is 1. The average Bonchev–Trinajstić information content (AvgIpc) is 3.56. The maximum atomic E-state index is 13.0. The number of benzene rings is 2. The van der Waals surface area contributed by atoms with E-state index in [0.29, 0.717) is 50.6 Å². The minimum atomic E-state index is -2.18. The van der Waals surface area contributed by atoms with Gasteiger partial charge in [0.2, 0.25) is 5.56 Å². The molecule has 6 rings (SSSR count). The van der Waals surface area contributed by atoms with E-state index >= 15 is 0 Å². The summed E-state index contributed by atoms with van der Waals surface area (Å²) in [6.07, 6.45) is 2.45. The fraction of sp³-hybridized carbons (Fsp3) is 0.525. The maximum Gasteiger partial charge on any atom is 0.273 e. The van der Waals surface area contributed by atoms with Gasteiger partial charge in [0.25, 0.3) is 5.91 Å². The van der Waals surface area contributed by atoms with E-state index in [-0.39, 0.29) is 34.0 Å². The lowest BCUT2D eigenvalue weighted by Crippen LogP contribution is -2.58. The SMILES string of the molecule is Cc1nc(C(=O)N2CCOC3(CCN(CCCOc4cccc(CNCC(O[Si](C)(C)C(C)(C)C)c5ccc(O)c6[nH]c(=O)ccc56)c4)CC3)C2)cs1. The summed E-state index contributed by atoms with van der Waals surface area (Å²) in [5.74, 6) is 0.901. The molecule has 53 heavy (non-hydrogen) atoms. The van der Waals surface area contributed by atoms with Gasteiger partial charge in [-0.3, -0.25) is 9.59 Å². The molecule has 11 nitrogen and oxygen atoms in total. The molecule has 1 unspecified atom stereocenters. The van der Waals surface area contributed by atoms with Crippen molar-refractivity contribution in [1.29, 1.82) is 0 Å². The molecule has 2 aliphatic rings. The van der Waals surface area contributed by atoms with Crippen LogP contribution in [0.15, 0.2) is 58.7 Å². The van der Waals surface area contributed by atoms with Gasteiger partial charge in [-0.25, -0.2) is 4.98 Å². The Kier molecular flexibility index (Phi) is 12.1. The van der Waals surface area contributed by atoms with Crippen LogP contribution >= 0.6 is 11.3 Å². The van der Waals surface area contributed by atoms with Gasteiger partial charge >= 0.3 is 0 Å². The third-order valence-corrected chi connectivity index (χ3v) is 16.3. The number of aryl methyl sites for hydroxylation is 1. The zero-order valence-electron chi connectivity index (χ0n) is 32.0. The third kappa shape index (κ3) is 9.56. The second-order valence-electron chi connectivity index (χ2n) is 16.0. The van der Waals surface area contributed by atoms with Crippen molar-refractivity contribution in [1.82, 2.24) is 25.1 Å². The number of piperidine rings is 1. The molecule has 2 saturated heterocycles. The molecule has 1 spiro atoms. The number of H-pyrrole nitrogens is 1. The number of aromatic hydroxyl groups is 1. The molecular weight excluding hydrogens is 707 g/mol. The van der Waals surface area contributed by atoms with Gasteiger partial charge in [-0.05, 0) is 79.7 Å². The Morgan fingerprint density at radius 3 is 2.68 bits per heavy atom. The summed E-state index contributed by atoms with van der Waals surface area (Å²) < 4.78 is 19.5. The average molecular weight is 762 g/mol. The van der Waals surface area contributed by atoms with E-state index in [1.807, 2.05) is 35.4 Å². The third-order valence-electron chi connectivity index (χ3n) is 11.1. The molecule has 2 fully saturated rings. The minimum Gasteiger partial charge on any atom is -0.506 e. The van der Waals surface area contributed by atoms with Crippen LogP contribution in [-0.2, 0) is 15.7 Å². The number of phenols is 1. The quantitative estimate of drug-likeness (QED) is 0.102. The van der Waals surface area contributed by atoms with Gasteiger partial charge in [0.15, 0.2) is 8.32 Å². The standard InChI is InChI=1S/C40H55N5O6SSi/c1-28-42-33(26-52-28)38(48)45-20-22-50-40(27-45)15-18-44(19-16-40)17-8-21-49-30-10-7-9-29(23-30)24-41-25-35(51-53(5,6)39(2,3)4)31-11-13-34(46)37-32(31)12-14-36(47)43-37/h7,9-14,23,26,35,41,46H,8,15-22,24-25,27H2,1-6H3,(H,43,47). The molecule has 1 amide bonds. The number of hydrogen-bond acceptors (Lipinski definition) is 10. The number of ether oxygens (including phenoxy) is 2. The molecule has 0 aliphatic carbocycles. The van der Waals surface area contributed by atoms with Crippen molar-refractivity contribution in [3.05, 3.63) is 86.1 Å².